The van der Waals surface area contributed by atoms with Crippen LogP contribution in [0.15, 0.2) is 0 Å². The standard InChI is InChI=1S/C13H27NO3/c1-10(2)7-8-14-9-11(3)16-12(15)17-13(4,5)6/h10-11,14H,7-9H2,1-6H3. The molecule has 0 aliphatic heterocycles. The van der Waals surface area contributed by atoms with Crippen LogP contribution in [-0.2, 0) is 9.47 Å². The van der Waals surface area contributed by atoms with Crippen molar-refractivity contribution in [2.24, 2.45) is 5.92 Å². The molecule has 0 spiro atoms. The maximum atomic E-state index is 11.3. The zero-order valence-electron chi connectivity index (χ0n) is 12.0. The van der Waals surface area contributed by atoms with Gasteiger partial charge in [-0.2, -0.15) is 0 Å². The molecule has 0 heterocycles. The third-order valence-corrected chi connectivity index (χ3v) is 2.02. The first-order valence-electron chi connectivity index (χ1n) is 6.31. The minimum absolute atomic E-state index is 0.169. The minimum Gasteiger partial charge on any atom is -0.430 e. The summed E-state index contributed by atoms with van der Waals surface area (Å²) in [6.45, 7) is 13.3. The summed E-state index contributed by atoms with van der Waals surface area (Å²) in [5.41, 5.74) is -0.498. The zero-order chi connectivity index (χ0) is 13.5. The van der Waals surface area contributed by atoms with Gasteiger partial charge in [-0.15, -0.1) is 0 Å². The van der Waals surface area contributed by atoms with Crippen molar-refractivity contribution in [1.82, 2.24) is 5.32 Å². The molecule has 0 rings (SSSR count). The van der Waals surface area contributed by atoms with E-state index in [4.69, 9.17) is 9.47 Å². The van der Waals surface area contributed by atoms with Gasteiger partial charge in [0.25, 0.3) is 0 Å². The third kappa shape index (κ3) is 11.5. The van der Waals surface area contributed by atoms with Gasteiger partial charge in [-0.3, -0.25) is 0 Å². The largest absolute Gasteiger partial charge is 0.509 e. The fraction of sp³-hybridized carbons (Fsp3) is 0.923. The molecule has 0 saturated heterocycles. The van der Waals surface area contributed by atoms with Crippen LogP contribution >= 0.6 is 0 Å². The molecule has 0 fully saturated rings. The van der Waals surface area contributed by atoms with E-state index in [1.807, 2.05) is 27.7 Å². The molecule has 0 amide bonds. The van der Waals surface area contributed by atoms with Crippen molar-refractivity contribution in [2.45, 2.75) is 59.7 Å². The predicted octanol–water partition coefficient (Wildman–Crippen LogP) is 2.96. The van der Waals surface area contributed by atoms with Gasteiger partial charge in [0.1, 0.15) is 11.7 Å². The lowest BCUT2D eigenvalue weighted by Crippen LogP contribution is -2.32. The Bertz CT molecular complexity index is 221. The van der Waals surface area contributed by atoms with Gasteiger partial charge >= 0.3 is 6.16 Å². The molecule has 17 heavy (non-hydrogen) atoms. The molecule has 1 unspecified atom stereocenters. The van der Waals surface area contributed by atoms with Crippen molar-refractivity contribution in [3.63, 3.8) is 0 Å². The van der Waals surface area contributed by atoms with Gasteiger partial charge in [-0.05, 0) is 46.6 Å². The van der Waals surface area contributed by atoms with E-state index >= 15 is 0 Å². The molecule has 0 bridgehead atoms. The number of carbonyl (C=O) groups is 1. The van der Waals surface area contributed by atoms with E-state index < -0.39 is 11.8 Å². The fourth-order valence-corrected chi connectivity index (χ4v) is 1.18. The Morgan fingerprint density at radius 1 is 1.24 bits per heavy atom. The van der Waals surface area contributed by atoms with Crippen LogP contribution in [0, 0.1) is 5.92 Å². The van der Waals surface area contributed by atoms with E-state index in [0.717, 1.165) is 13.0 Å². The second-order valence-electron chi connectivity index (χ2n) is 5.78. The van der Waals surface area contributed by atoms with Crippen molar-refractivity contribution in [3.05, 3.63) is 0 Å². The Labute approximate surface area is 105 Å². The van der Waals surface area contributed by atoms with Crippen LogP contribution < -0.4 is 5.32 Å². The summed E-state index contributed by atoms with van der Waals surface area (Å²) in [4.78, 5) is 11.3. The number of ether oxygens (including phenoxy) is 2. The van der Waals surface area contributed by atoms with Gasteiger partial charge in [0.2, 0.25) is 0 Å². The predicted molar refractivity (Wildman–Crippen MR) is 69.1 cm³/mol. The Morgan fingerprint density at radius 2 is 1.82 bits per heavy atom. The van der Waals surface area contributed by atoms with Crippen LogP contribution in [0.2, 0.25) is 0 Å². The van der Waals surface area contributed by atoms with Gasteiger partial charge in [-0.1, -0.05) is 13.8 Å². The van der Waals surface area contributed by atoms with E-state index in [9.17, 15) is 4.79 Å². The normalized spacial score (nSPS) is 13.6. The van der Waals surface area contributed by atoms with Crippen LogP contribution in [0.5, 0.6) is 0 Å². The van der Waals surface area contributed by atoms with Crippen molar-refractivity contribution >= 4 is 6.16 Å². The molecule has 0 radical (unpaired) electrons. The highest BCUT2D eigenvalue weighted by atomic mass is 16.7. The number of rotatable bonds is 6. The molecule has 4 nitrogen and oxygen atoms in total. The van der Waals surface area contributed by atoms with E-state index in [2.05, 4.69) is 19.2 Å². The van der Waals surface area contributed by atoms with E-state index in [1.165, 1.54) is 0 Å². The van der Waals surface area contributed by atoms with E-state index in [-0.39, 0.29) is 6.10 Å². The first-order chi connectivity index (χ1) is 7.70. The van der Waals surface area contributed by atoms with Crippen LogP contribution in [0.25, 0.3) is 0 Å². The molecule has 0 aromatic rings. The van der Waals surface area contributed by atoms with Gasteiger partial charge in [0.05, 0.1) is 0 Å². The Kier molecular flexibility index (Phi) is 7.19. The SMILES string of the molecule is CC(C)CCNCC(C)OC(=O)OC(C)(C)C. The molecule has 0 saturated carbocycles. The third-order valence-electron chi connectivity index (χ3n) is 2.02. The molecule has 102 valence electrons. The quantitative estimate of drug-likeness (QED) is 0.577. The molecular weight excluding hydrogens is 218 g/mol. The molecule has 0 aromatic heterocycles. The molecule has 0 aromatic carbocycles. The second kappa shape index (κ2) is 7.54. The number of hydrogen-bond acceptors (Lipinski definition) is 4. The van der Waals surface area contributed by atoms with Crippen molar-refractivity contribution in [3.8, 4) is 0 Å². The monoisotopic (exact) mass is 245 g/mol. The molecule has 1 N–H and O–H groups in total. The van der Waals surface area contributed by atoms with Crippen LogP contribution in [0.4, 0.5) is 4.79 Å². The smallest absolute Gasteiger partial charge is 0.430 e. The zero-order valence-corrected chi connectivity index (χ0v) is 12.0. The van der Waals surface area contributed by atoms with Crippen molar-refractivity contribution in [2.75, 3.05) is 13.1 Å². The molecule has 4 heteroatoms. The summed E-state index contributed by atoms with van der Waals surface area (Å²) in [5.74, 6) is 0.685. The average Bonchev–Trinajstić information content (AvgIpc) is 2.08. The maximum absolute atomic E-state index is 11.3. The fourth-order valence-electron chi connectivity index (χ4n) is 1.18. The summed E-state index contributed by atoms with van der Waals surface area (Å²) in [5, 5.41) is 3.25. The van der Waals surface area contributed by atoms with Crippen LogP contribution in [0.3, 0.4) is 0 Å². The highest BCUT2D eigenvalue weighted by molar-refractivity contribution is 5.60. The number of nitrogens with one attached hydrogen (secondary N) is 1. The summed E-state index contributed by atoms with van der Waals surface area (Å²) < 4.78 is 10.2. The summed E-state index contributed by atoms with van der Waals surface area (Å²) >= 11 is 0. The van der Waals surface area contributed by atoms with Gasteiger partial charge in [-0.25, -0.2) is 4.79 Å². The Morgan fingerprint density at radius 3 is 2.29 bits per heavy atom. The van der Waals surface area contributed by atoms with Gasteiger partial charge < -0.3 is 14.8 Å². The first kappa shape index (κ1) is 16.2. The lowest BCUT2D eigenvalue weighted by atomic mass is 10.1. The number of hydrogen-bond donors (Lipinski definition) is 1. The Balaban J connectivity index is 3.64. The summed E-state index contributed by atoms with van der Waals surface area (Å²) in [7, 11) is 0. The number of carbonyl (C=O) groups excluding carboxylic acids is 1. The summed E-state index contributed by atoms with van der Waals surface area (Å²) in [6, 6.07) is 0. The van der Waals surface area contributed by atoms with E-state index in [0.29, 0.717) is 12.5 Å². The van der Waals surface area contributed by atoms with Crippen molar-refractivity contribution < 1.29 is 14.3 Å². The van der Waals surface area contributed by atoms with Gasteiger partial charge in [0, 0.05) is 6.54 Å². The first-order valence-corrected chi connectivity index (χ1v) is 6.31. The van der Waals surface area contributed by atoms with Gasteiger partial charge in [0.15, 0.2) is 0 Å². The summed E-state index contributed by atoms with van der Waals surface area (Å²) in [6.07, 6.45) is 0.353. The van der Waals surface area contributed by atoms with E-state index in [1.54, 1.807) is 0 Å². The lowest BCUT2D eigenvalue weighted by molar-refractivity contribution is -0.0229. The Hall–Kier alpha value is -0.770. The highest BCUT2D eigenvalue weighted by Gasteiger charge is 2.19. The second-order valence-corrected chi connectivity index (χ2v) is 5.78. The minimum atomic E-state index is -0.601. The lowest BCUT2D eigenvalue weighted by Gasteiger charge is -2.21. The van der Waals surface area contributed by atoms with Crippen LogP contribution in [-0.4, -0.2) is 30.9 Å². The van der Waals surface area contributed by atoms with Crippen LogP contribution in [0.1, 0.15) is 48.0 Å². The molecular formula is C13H27NO3. The molecule has 0 aliphatic rings. The highest BCUT2D eigenvalue weighted by Crippen LogP contribution is 2.09. The topological polar surface area (TPSA) is 47.6 Å². The molecule has 0 aliphatic carbocycles. The molecule has 1 atom stereocenters. The maximum Gasteiger partial charge on any atom is 0.509 e. The average molecular weight is 245 g/mol. The van der Waals surface area contributed by atoms with Crippen molar-refractivity contribution in [1.29, 1.82) is 0 Å².